The maximum absolute atomic E-state index is 2.37. The fraction of sp³-hybridized carbons (Fsp3) is 0. The van der Waals surface area contributed by atoms with Crippen LogP contribution in [0.15, 0.2) is 146 Å². The molecule has 0 saturated carbocycles. The number of thiophene rings is 1. The largest absolute Gasteiger partial charge is 0.135 e. The topological polar surface area (TPSA) is 0 Å². The first-order chi connectivity index (χ1) is 19.3. The monoisotopic (exact) mass is 512 g/mol. The smallest absolute Gasteiger partial charge is 0.0355 e. The minimum atomic E-state index is 1.25. The van der Waals surface area contributed by atoms with Gasteiger partial charge in [0.15, 0.2) is 0 Å². The molecule has 0 fully saturated rings. The second-order valence-corrected chi connectivity index (χ2v) is 11.2. The van der Waals surface area contributed by atoms with Gasteiger partial charge in [-0.2, -0.15) is 0 Å². The summed E-state index contributed by atoms with van der Waals surface area (Å²) in [4.78, 5) is 1.30. The van der Waals surface area contributed by atoms with Gasteiger partial charge in [-0.25, -0.2) is 0 Å². The molecule has 0 unspecified atom stereocenters. The van der Waals surface area contributed by atoms with E-state index in [0.717, 1.165) is 0 Å². The van der Waals surface area contributed by atoms with E-state index >= 15 is 0 Å². The highest BCUT2D eigenvalue weighted by Crippen LogP contribution is 2.46. The SMILES string of the molecule is c1cc(-c2cc3ccccc3s2)cc(-c2c3ccccc3c(-c3cccc4ccccc34)c3ccccc23)c1. The summed E-state index contributed by atoms with van der Waals surface area (Å²) in [5.74, 6) is 0. The van der Waals surface area contributed by atoms with Crippen LogP contribution in [-0.2, 0) is 0 Å². The fourth-order valence-electron chi connectivity index (χ4n) is 6.13. The van der Waals surface area contributed by atoms with Crippen LogP contribution in [0.3, 0.4) is 0 Å². The van der Waals surface area contributed by atoms with Crippen LogP contribution in [0.1, 0.15) is 0 Å². The number of hydrogen-bond acceptors (Lipinski definition) is 1. The van der Waals surface area contributed by atoms with Crippen LogP contribution in [0.5, 0.6) is 0 Å². The van der Waals surface area contributed by atoms with Gasteiger partial charge in [-0.3, -0.25) is 0 Å². The van der Waals surface area contributed by atoms with Crippen molar-refractivity contribution < 1.29 is 0 Å². The summed E-state index contributed by atoms with van der Waals surface area (Å²) in [6.45, 7) is 0. The van der Waals surface area contributed by atoms with Crippen molar-refractivity contribution in [1.29, 1.82) is 0 Å². The summed E-state index contributed by atoms with van der Waals surface area (Å²) in [7, 11) is 0. The Bertz CT molecular complexity index is 2080. The van der Waals surface area contributed by atoms with Gasteiger partial charge in [-0.05, 0) is 83.7 Å². The Morgan fingerprint density at radius 3 is 1.62 bits per heavy atom. The van der Waals surface area contributed by atoms with E-state index in [-0.39, 0.29) is 0 Å². The van der Waals surface area contributed by atoms with Crippen LogP contribution >= 0.6 is 11.3 Å². The minimum absolute atomic E-state index is 1.25. The average molecular weight is 513 g/mol. The number of fused-ring (bicyclic) bond motifs is 4. The summed E-state index contributed by atoms with van der Waals surface area (Å²) in [6, 6.07) is 53.3. The zero-order valence-electron chi connectivity index (χ0n) is 21.3. The molecule has 1 aromatic heterocycles. The van der Waals surface area contributed by atoms with Crippen LogP contribution in [0.4, 0.5) is 0 Å². The third-order valence-corrected chi connectivity index (χ3v) is 9.02. The first kappa shape index (κ1) is 22.3. The van der Waals surface area contributed by atoms with Crippen LogP contribution < -0.4 is 0 Å². The highest BCUT2D eigenvalue weighted by Gasteiger charge is 2.18. The third-order valence-electron chi connectivity index (χ3n) is 7.85. The molecule has 8 rings (SSSR count). The molecule has 0 atom stereocenters. The summed E-state index contributed by atoms with van der Waals surface area (Å²) in [5.41, 5.74) is 6.41. The molecule has 8 aromatic rings. The van der Waals surface area contributed by atoms with E-state index in [2.05, 4.69) is 146 Å². The molecule has 0 bridgehead atoms. The standard InChI is InChI=1S/C38H24S/c1-3-16-29-25(11-1)13-10-21-30(29)38-33-19-6-4-17-31(33)37(32-18-5-7-20-34(32)38)28-15-9-14-26(23-28)36-24-27-12-2-8-22-35(27)39-36/h1-24H. The van der Waals surface area contributed by atoms with Crippen molar-refractivity contribution in [3.8, 4) is 32.7 Å². The van der Waals surface area contributed by atoms with Crippen molar-refractivity contribution in [2.75, 3.05) is 0 Å². The molecule has 1 heterocycles. The molecule has 39 heavy (non-hydrogen) atoms. The van der Waals surface area contributed by atoms with Gasteiger partial charge in [-0.1, -0.05) is 127 Å². The van der Waals surface area contributed by atoms with Crippen molar-refractivity contribution in [1.82, 2.24) is 0 Å². The van der Waals surface area contributed by atoms with Gasteiger partial charge in [0.05, 0.1) is 0 Å². The highest BCUT2D eigenvalue weighted by atomic mass is 32.1. The number of benzene rings is 7. The zero-order valence-corrected chi connectivity index (χ0v) is 22.1. The Morgan fingerprint density at radius 1 is 0.359 bits per heavy atom. The Morgan fingerprint density at radius 2 is 0.897 bits per heavy atom. The second kappa shape index (κ2) is 8.94. The maximum Gasteiger partial charge on any atom is 0.0355 e. The summed E-state index contributed by atoms with van der Waals surface area (Å²) in [6.07, 6.45) is 0. The van der Waals surface area contributed by atoms with E-state index in [0.29, 0.717) is 0 Å². The predicted octanol–water partition coefficient (Wildman–Crippen LogP) is 11.4. The first-order valence-electron chi connectivity index (χ1n) is 13.4. The molecule has 0 N–H and O–H groups in total. The van der Waals surface area contributed by atoms with Crippen LogP contribution in [-0.4, -0.2) is 0 Å². The molecule has 1 heteroatoms. The lowest BCUT2D eigenvalue weighted by atomic mass is 9.84. The lowest BCUT2D eigenvalue weighted by Gasteiger charge is -2.19. The Kier molecular flexibility index (Phi) is 5.11. The van der Waals surface area contributed by atoms with Crippen molar-refractivity contribution >= 4 is 53.7 Å². The molecule has 0 aliphatic heterocycles. The second-order valence-electron chi connectivity index (χ2n) is 10.1. The van der Waals surface area contributed by atoms with Gasteiger partial charge in [-0.15, -0.1) is 11.3 Å². The number of hydrogen-bond donors (Lipinski definition) is 0. The average Bonchev–Trinajstić information content (AvgIpc) is 3.44. The molecule has 0 aliphatic rings. The Labute approximate surface area is 231 Å². The van der Waals surface area contributed by atoms with Crippen molar-refractivity contribution in [2.24, 2.45) is 0 Å². The molecule has 0 aliphatic carbocycles. The van der Waals surface area contributed by atoms with Gasteiger partial charge >= 0.3 is 0 Å². The lowest BCUT2D eigenvalue weighted by molar-refractivity contribution is 1.66. The quantitative estimate of drug-likeness (QED) is 0.207. The molecular formula is C38H24S. The minimum Gasteiger partial charge on any atom is -0.135 e. The lowest BCUT2D eigenvalue weighted by Crippen LogP contribution is -1.91. The van der Waals surface area contributed by atoms with Crippen LogP contribution in [0, 0.1) is 0 Å². The maximum atomic E-state index is 2.37. The molecule has 0 amide bonds. The number of rotatable bonds is 3. The first-order valence-corrected chi connectivity index (χ1v) is 14.2. The summed E-state index contributed by atoms with van der Waals surface area (Å²) in [5, 5.41) is 9.00. The van der Waals surface area contributed by atoms with Crippen LogP contribution in [0.2, 0.25) is 0 Å². The van der Waals surface area contributed by atoms with Crippen molar-refractivity contribution in [3.63, 3.8) is 0 Å². The Balaban J connectivity index is 1.44. The summed E-state index contributed by atoms with van der Waals surface area (Å²) < 4.78 is 1.33. The van der Waals surface area contributed by atoms with Crippen molar-refractivity contribution in [2.45, 2.75) is 0 Å². The molecule has 0 radical (unpaired) electrons. The molecule has 7 aromatic carbocycles. The van der Waals surface area contributed by atoms with E-state index in [1.807, 2.05) is 11.3 Å². The fourth-order valence-corrected chi connectivity index (χ4v) is 7.18. The summed E-state index contributed by atoms with van der Waals surface area (Å²) >= 11 is 1.86. The highest BCUT2D eigenvalue weighted by molar-refractivity contribution is 7.22. The van der Waals surface area contributed by atoms with E-state index in [1.54, 1.807) is 0 Å². The van der Waals surface area contributed by atoms with Gasteiger partial charge in [0.25, 0.3) is 0 Å². The molecule has 0 spiro atoms. The molecule has 0 saturated heterocycles. The van der Waals surface area contributed by atoms with E-state index in [4.69, 9.17) is 0 Å². The zero-order chi connectivity index (χ0) is 25.8. The van der Waals surface area contributed by atoms with Gasteiger partial charge in [0.2, 0.25) is 0 Å². The van der Waals surface area contributed by atoms with Gasteiger partial charge in [0, 0.05) is 9.58 Å². The van der Waals surface area contributed by atoms with E-state index < -0.39 is 0 Å². The van der Waals surface area contributed by atoms with E-state index in [9.17, 15) is 0 Å². The molecule has 182 valence electrons. The molecular weight excluding hydrogens is 488 g/mol. The van der Waals surface area contributed by atoms with Crippen molar-refractivity contribution in [3.05, 3.63) is 146 Å². The Hall–Kier alpha value is -4.72. The molecule has 0 nitrogen and oxygen atoms in total. The normalized spacial score (nSPS) is 11.6. The van der Waals surface area contributed by atoms with Gasteiger partial charge < -0.3 is 0 Å². The third kappa shape index (κ3) is 3.59. The predicted molar refractivity (Wildman–Crippen MR) is 171 cm³/mol. The van der Waals surface area contributed by atoms with E-state index in [1.165, 1.54) is 75.1 Å². The van der Waals surface area contributed by atoms with Gasteiger partial charge in [0.1, 0.15) is 0 Å². The van der Waals surface area contributed by atoms with Crippen LogP contribution in [0.25, 0.3) is 75.1 Å².